The Kier molecular flexibility index (Phi) is 5.31. The van der Waals surface area contributed by atoms with Crippen LogP contribution in [0.5, 0.6) is 0 Å². The maximum Gasteiger partial charge on any atom is 0.321 e. The lowest BCUT2D eigenvalue weighted by Gasteiger charge is -2.30. The fourth-order valence-corrected chi connectivity index (χ4v) is 3.20. The number of aromatic nitrogens is 1. The van der Waals surface area contributed by atoms with Gasteiger partial charge in [-0.05, 0) is 54.5 Å². The summed E-state index contributed by atoms with van der Waals surface area (Å²) in [5.74, 6) is 0.316. The van der Waals surface area contributed by atoms with Gasteiger partial charge < -0.3 is 10.2 Å². The van der Waals surface area contributed by atoms with E-state index in [1.54, 1.807) is 6.20 Å². The minimum atomic E-state index is -0.364. The molecular formula is C20H26FN3O. The van der Waals surface area contributed by atoms with E-state index in [1.165, 1.54) is 12.3 Å². The molecule has 0 radical (unpaired) electrons. The van der Waals surface area contributed by atoms with Gasteiger partial charge in [0.15, 0.2) is 0 Å². The molecule has 1 aromatic heterocycles. The molecule has 1 aliphatic heterocycles. The molecular weight excluding hydrogens is 317 g/mol. The summed E-state index contributed by atoms with van der Waals surface area (Å²) in [6.45, 7) is 5.86. The third-order valence-corrected chi connectivity index (χ3v) is 4.83. The quantitative estimate of drug-likeness (QED) is 0.856. The van der Waals surface area contributed by atoms with Gasteiger partial charge in [0.2, 0.25) is 0 Å². The van der Waals surface area contributed by atoms with E-state index >= 15 is 0 Å². The maximum atomic E-state index is 13.5. The third-order valence-electron chi connectivity index (χ3n) is 4.83. The van der Waals surface area contributed by atoms with E-state index < -0.39 is 0 Å². The van der Waals surface area contributed by atoms with E-state index in [-0.39, 0.29) is 13.3 Å². The lowest BCUT2D eigenvalue weighted by Crippen LogP contribution is -2.40. The number of pyridine rings is 1. The minimum absolute atomic E-state index is 0. The number of carbonyl (C=O) groups excluding carboxylic acids is 1. The average molecular weight is 343 g/mol. The van der Waals surface area contributed by atoms with E-state index in [1.807, 2.05) is 23.1 Å². The van der Waals surface area contributed by atoms with Gasteiger partial charge in [0.25, 0.3) is 0 Å². The summed E-state index contributed by atoms with van der Waals surface area (Å²) in [5.41, 5.74) is 3.44. The second kappa shape index (κ2) is 7.64. The summed E-state index contributed by atoms with van der Waals surface area (Å²) in [6.07, 6.45) is 5.75. The summed E-state index contributed by atoms with van der Waals surface area (Å²) in [6, 6.07) is 7.19. The van der Waals surface area contributed by atoms with Crippen LogP contribution in [0.15, 0.2) is 36.7 Å². The molecule has 0 atom stereocenters. The number of anilines is 1. The number of amides is 2. The number of piperidine rings is 1. The van der Waals surface area contributed by atoms with Crippen LogP contribution < -0.4 is 5.32 Å². The van der Waals surface area contributed by atoms with Gasteiger partial charge >= 0.3 is 6.03 Å². The molecule has 1 aliphatic rings. The Bertz CT molecular complexity index is 760. The van der Waals surface area contributed by atoms with Crippen LogP contribution in [0.4, 0.5) is 14.9 Å². The Labute approximate surface area is 149 Å². The summed E-state index contributed by atoms with van der Waals surface area (Å²) in [4.78, 5) is 18.3. The predicted molar refractivity (Wildman–Crippen MR) is 100 cm³/mol. The van der Waals surface area contributed by atoms with Crippen molar-refractivity contribution in [3.05, 3.63) is 48.0 Å². The lowest BCUT2D eigenvalue weighted by atomic mass is 9.98. The van der Waals surface area contributed by atoms with Gasteiger partial charge in [-0.3, -0.25) is 4.98 Å². The average Bonchev–Trinajstić information content (AvgIpc) is 2.62. The Morgan fingerprint density at radius 3 is 2.76 bits per heavy atom. The number of halogens is 1. The SMILES string of the molecule is CCc1ccc(NC(=O)N2CCC(C)CC2)cc1-c1cncc(F)c1.[HH]. The number of aryl methyl sites for hydroxylation is 1. The number of nitrogens with zero attached hydrogens (tertiary/aromatic N) is 2. The van der Waals surface area contributed by atoms with Crippen molar-refractivity contribution >= 4 is 11.7 Å². The summed E-state index contributed by atoms with van der Waals surface area (Å²) >= 11 is 0. The van der Waals surface area contributed by atoms with Crippen molar-refractivity contribution in [2.45, 2.75) is 33.1 Å². The third kappa shape index (κ3) is 4.16. The number of rotatable bonds is 3. The van der Waals surface area contributed by atoms with Crippen molar-refractivity contribution in [3.8, 4) is 11.1 Å². The topological polar surface area (TPSA) is 45.2 Å². The van der Waals surface area contributed by atoms with Gasteiger partial charge in [0.05, 0.1) is 6.20 Å². The number of likely N-dealkylation sites (tertiary alicyclic amines) is 1. The zero-order valence-electron chi connectivity index (χ0n) is 14.8. The molecule has 2 amide bonds. The van der Waals surface area contributed by atoms with Crippen LogP contribution in [0.25, 0.3) is 11.1 Å². The van der Waals surface area contributed by atoms with Gasteiger partial charge in [0.1, 0.15) is 5.82 Å². The van der Waals surface area contributed by atoms with E-state index in [2.05, 4.69) is 24.1 Å². The van der Waals surface area contributed by atoms with Crippen molar-refractivity contribution in [2.24, 2.45) is 5.92 Å². The second-order valence-electron chi connectivity index (χ2n) is 6.72. The highest BCUT2D eigenvalue weighted by Crippen LogP contribution is 2.28. The van der Waals surface area contributed by atoms with Gasteiger partial charge in [0, 0.05) is 32.0 Å². The molecule has 0 saturated carbocycles. The van der Waals surface area contributed by atoms with Gasteiger partial charge in [-0.25, -0.2) is 9.18 Å². The highest BCUT2D eigenvalue weighted by Gasteiger charge is 2.20. The molecule has 1 fully saturated rings. The summed E-state index contributed by atoms with van der Waals surface area (Å²) < 4.78 is 13.5. The maximum absolute atomic E-state index is 13.5. The van der Waals surface area contributed by atoms with E-state index in [0.717, 1.165) is 54.7 Å². The van der Waals surface area contributed by atoms with Gasteiger partial charge in [-0.1, -0.05) is 19.9 Å². The first kappa shape index (κ1) is 17.4. The van der Waals surface area contributed by atoms with Gasteiger partial charge in [-0.2, -0.15) is 0 Å². The Balaban J connectivity index is 0.00000243. The number of nitrogens with one attached hydrogen (secondary N) is 1. The minimum Gasteiger partial charge on any atom is -0.325 e. The fraction of sp³-hybridized carbons (Fsp3) is 0.400. The molecule has 2 aromatic rings. The van der Waals surface area contributed by atoms with Crippen LogP contribution in [-0.4, -0.2) is 29.0 Å². The van der Waals surface area contributed by atoms with Crippen molar-refractivity contribution in [3.63, 3.8) is 0 Å². The first-order chi connectivity index (χ1) is 12.1. The highest BCUT2D eigenvalue weighted by molar-refractivity contribution is 5.90. The smallest absolute Gasteiger partial charge is 0.321 e. The molecule has 0 spiro atoms. The summed E-state index contributed by atoms with van der Waals surface area (Å²) in [7, 11) is 0. The van der Waals surface area contributed by atoms with Crippen LogP contribution in [0, 0.1) is 11.7 Å². The van der Waals surface area contributed by atoms with Crippen molar-refractivity contribution in [1.29, 1.82) is 0 Å². The molecule has 1 saturated heterocycles. The van der Waals surface area contributed by atoms with Gasteiger partial charge in [-0.15, -0.1) is 0 Å². The standard InChI is InChI=1S/C20H24FN3O.H2/c1-3-15-4-5-18(11-19(15)16-10-17(21)13-22-12-16)23-20(25)24-8-6-14(2)7-9-24;/h4-5,10-14H,3,6-9H2,1-2H3,(H,23,25);1H. The fourth-order valence-electron chi connectivity index (χ4n) is 3.20. The van der Waals surface area contributed by atoms with Crippen LogP contribution >= 0.6 is 0 Å². The molecule has 4 nitrogen and oxygen atoms in total. The largest absolute Gasteiger partial charge is 0.325 e. The second-order valence-corrected chi connectivity index (χ2v) is 6.72. The molecule has 1 aromatic carbocycles. The van der Waals surface area contributed by atoms with Crippen LogP contribution in [0.3, 0.4) is 0 Å². The molecule has 25 heavy (non-hydrogen) atoms. The molecule has 5 heteroatoms. The highest BCUT2D eigenvalue weighted by atomic mass is 19.1. The lowest BCUT2D eigenvalue weighted by molar-refractivity contribution is 0.186. The number of benzene rings is 1. The predicted octanol–water partition coefficient (Wildman–Crippen LogP) is 4.96. The molecule has 0 aliphatic carbocycles. The molecule has 0 unspecified atom stereocenters. The first-order valence-electron chi connectivity index (χ1n) is 8.86. The monoisotopic (exact) mass is 343 g/mol. The van der Waals surface area contributed by atoms with E-state index in [9.17, 15) is 9.18 Å². The van der Waals surface area contributed by atoms with E-state index in [4.69, 9.17) is 0 Å². The normalized spacial score (nSPS) is 15.2. The molecule has 2 heterocycles. The van der Waals surface area contributed by atoms with Crippen LogP contribution in [-0.2, 0) is 6.42 Å². The van der Waals surface area contributed by atoms with Crippen LogP contribution in [0.2, 0.25) is 0 Å². The molecule has 1 N–H and O–H groups in total. The van der Waals surface area contributed by atoms with Crippen molar-refractivity contribution in [1.82, 2.24) is 9.88 Å². The first-order valence-corrected chi connectivity index (χ1v) is 8.86. The van der Waals surface area contributed by atoms with Crippen LogP contribution in [0.1, 0.15) is 33.7 Å². The molecule has 0 bridgehead atoms. The number of carbonyl (C=O) groups is 1. The number of hydrogen-bond donors (Lipinski definition) is 1. The Hall–Kier alpha value is -2.43. The zero-order chi connectivity index (χ0) is 17.8. The summed E-state index contributed by atoms with van der Waals surface area (Å²) in [5, 5.41) is 2.98. The van der Waals surface area contributed by atoms with E-state index in [0.29, 0.717) is 5.92 Å². The zero-order valence-corrected chi connectivity index (χ0v) is 14.8. The van der Waals surface area contributed by atoms with Crippen molar-refractivity contribution < 1.29 is 10.6 Å². The number of urea groups is 1. The Morgan fingerprint density at radius 2 is 2.08 bits per heavy atom. The van der Waals surface area contributed by atoms with Crippen molar-refractivity contribution in [2.75, 3.05) is 18.4 Å². The molecule has 3 rings (SSSR count). The Morgan fingerprint density at radius 1 is 1.32 bits per heavy atom. The molecule has 134 valence electrons. The number of hydrogen-bond acceptors (Lipinski definition) is 2.